The molecule has 1 unspecified atom stereocenters. The van der Waals surface area contributed by atoms with Crippen LogP contribution in [0.4, 0.5) is 10.2 Å². The van der Waals surface area contributed by atoms with E-state index in [2.05, 4.69) is 9.97 Å². The third kappa shape index (κ3) is 3.53. The van der Waals surface area contributed by atoms with Crippen molar-refractivity contribution in [3.63, 3.8) is 0 Å². The SMILES string of the molecule is O=C1CN(c2cc(C3CCOC3)ncn2)CCN1Cc1ccccc1F. The average Bonchev–Trinajstić information content (AvgIpc) is 3.20. The third-order valence-electron chi connectivity index (χ3n) is 4.98. The van der Waals surface area contributed by atoms with Crippen LogP contribution in [-0.4, -0.2) is 53.6 Å². The Morgan fingerprint density at radius 2 is 2.12 bits per heavy atom. The van der Waals surface area contributed by atoms with Gasteiger partial charge in [-0.05, 0) is 12.5 Å². The molecule has 3 heterocycles. The quantitative estimate of drug-likeness (QED) is 0.838. The van der Waals surface area contributed by atoms with Crippen LogP contribution in [0.25, 0.3) is 0 Å². The lowest BCUT2D eigenvalue weighted by molar-refractivity contribution is -0.131. The molecule has 136 valence electrons. The van der Waals surface area contributed by atoms with E-state index in [1.165, 1.54) is 6.07 Å². The van der Waals surface area contributed by atoms with E-state index < -0.39 is 0 Å². The van der Waals surface area contributed by atoms with Crippen molar-refractivity contribution in [2.45, 2.75) is 18.9 Å². The number of ether oxygens (including phenoxy) is 1. The minimum absolute atomic E-state index is 0.0242. The number of aromatic nitrogens is 2. The molecule has 7 heteroatoms. The average molecular weight is 356 g/mol. The van der Waals surface area contributed by atoms with E-state index in [0.717, 1.165) is 24.5 Å². The second kappa shape index (κ2) is 7.37. The highest BCUT2D eigenvalue weighted by molar-refractivity contribution is 5.82. The van der Waals surface area contributed by atoms with E-state index in [1.807, 2.05) is 11.0 Å². The predicted molar refractivity (Wildman–Crippen MR) is 94.2 cm³/mol. The highest BCUT2D eigenvalue weighted by Crippen LogP contribution is 2.26. The van der Waals surface area contributed by atoms with Crippen LogP contribution in [0, 0.1) is 5.82 Å². The fourth-order valence-corrected chi connectivity index (χ4v) is 3.43. The topological polar surface area (TPSA) is 58.6 Å². The number of anilines is 1. The van der Waals surface area contributed by atoms with Crippen molar-refractivity contribution >= 4 is 11.7 Å². The number of halogens is 1. The predicted octanol–water partition coefficient (Wildman–Crippen LogP) is 1.97. The van der Waals surface area contributed by atoms with Gasteiger partial charge in [-0.3, -0.25) is 4.79 Å². The van der Waals surface area contributed by atoms with E-state index in [1.54, 1.807) is 29.4 Å². The molecule has 2 saturated heterocycles. The smallest absolute Gasteiger partial charge is 0.242 e. The zero-order chi connectivity index (χ0) is 17.9. The molecular formula is C19H21FN4O2. The van der Waals surface area contributed by atoms with Gasteiger partial charge in [0.15, 0.2) is 0 Å². The monoisotopic (exact) mass is 356 g/mol. The zero-order valence-electron chi connectivity index (χ0n) is 14.5. The van der Waals surface area contributed by atoms with E-state index in [9.17, 15) is 9.18 Å². The Bertz CT molecular complexity index is 795. The van der Waals surface area contributed by atoms with Gasteiger partial charge in [-0.1, -0.05) is 18.2 Å². The molecule has 0 radical (unpaired) electrons. The third-order valence-corrected chi connectivity index (χ3v) is 4.98. The molecule has 6 nitrogen and oxygen atoms in total. The molecule has 0 N–H and O–H groups in total. The summed E-state index contributed by atoms with van der Waals surface area (Å²) in [5, 5.41) is 0. The lowest BCUT2D eigenvalue weighted by Gasteiger charge is -2.35. The highest BCUT2D eigenvalue weighted by atomic mass is 19.1. The first-order valence-electron chi connectivity index (χ1n) is 8.86. The number of piperazine rings is 1. The number of hydrogen-bond acceptors (Lipinski definition) is 5. The van der Waals surface area contributed by atoms with Gasteiger partial charge in [0.25, 0.3) is 0 Å². The van der Waals surface area contributed by atoms with Crippen LogP contribution >= 0.6 is 0 Å². The second-order valence-corrected chi connectivity index (χ2v) is 6.69. The van der Waals surface area contributed by atoms with Crippen molar-refractivity contribution in [3.05, 3.63) is 53.7 Å². The Morgan fingerprint density at radius 1 is 1.23 bits per heavy atom. The van der Waals surface area contributed by atoms with Gasteiger partial charge in [0.1, 0.15) is 18.0 Å². The fraction of sp³-hybridized carbons (Fsp3) is 0.421. The molecule has 2 aliphatic heterocycles. The van der Waals surface area contributed by atoms with Gasteiger partial charge in [-0.25, -0.2) is 14.4 Å². The summed E-state index contributed by atoms with van der Waals surface area (Å²) in [6.07, 6.45) is 2.52. The standard InChI is InChI=1S/C19H21FN4O2/c20-16-4-2-1-3-14(16)10-24-7-6-23(11-19(24)25)18-9-17(21-13-22-18)15-5-8-26-12-15/h1-4,9,13,15H,5-8,10-12H2. The normalized spacial score (nSPS) is 20.7. The Hall–Kier alpha value is -2.54. The molecular weight excluding hydrogens is 335 g/mol. The van der Waals surface area contributed by atoms with Crippen molar-refractivity contribution in [2.24, 2.45) is 0 Å². The van der Waals surface area contributed by atoms with Crippen LogP contribution in [0.5, 0.6) is 0 Å². The molecule has 2 aliphatic rings. The van der Waals surface area contributed by atoms with Crippen LogP contribution in [-0.2, 0) is 16.1 Å². The van der Waals surface area contributed by atoms with Gasteiger partial charge < -0.3 is 14.5 Å². The van der Waals surface area contributed by atoms with E-state index in [0.29, 0.717) is 37.7 Å². The molecule has 2 fully saturated rings. The zero-order valence-corrected chi connectivity index (χ0v) is 14.5. The molecule has 0 saturated carbocycles. The van der Waals surface area contributed by atoms with Crippen molar-refractivity contribution in [3.8, 4) is 0 Å². The van der Waals surface area contributed by atoms with Gasteiger partial charge in [0.05, 0.1) is 18.8 Å². The first-order chi connectivity index (χ1) is 12.7. The number of benzene rings is 1. The van der Waals surface area contributed by atoms with Gasteiger partial charge in [0.2, 0.25) is 5.91 Å². The minimum Gasteiger partial charge on any atom is -0.381 e. The summed E-state index contributed by atoms with van der Waals surface area (Å²) >= 11 is 0. The number of rotatable bonds is 4. The van der Waals surface area contributed by atoms with Crippen molar-refractivity contribution in [1.82, 2.24) is 14.9 Å². The summed E-state index contributed by atoms with van der Waals surface area (Å²) in [5.41, 5.74) is 1.51. The van der Waals surface area contributed by atoms with Gasteiger partial charge >= 0.3 is 0 Å². The van der Waals surface area contributed by atoms with Crippen molar-refractivity contribution in [1.29, 1.82) is 0 Å². The maximum atomic E-state index is 13.8. The van der Waals surface area contributed by atoms with Crippen LogP contribution < -0.4 is 4.90 Å². The number of carbonyl (C=O) groups is 1. The van der Waals surface area contributed by atoms with Gasteiger partial charge in [0, 0.05) is 43.8 Å². The number of carbonyl (C=O) groups excluding carboxylic acids is 1. The number of hydrogen-bond donors (Lipinski definition) is 0. The summed E-state index contributed by atoms with van der Waals surface area (Å²) in [4.78, 5) is 24.9. The van der Waals surface area contributed by atoms with Crippen LogP contribution in [0.1, 0.15) is 23.6 Å². The maximum absolute atomic E-state index is 13.8. The van der Waals surface area contributed by atoms with Gasteiger partial charge in [-0.2, -0.15) is 0 Å². The molecule has 26 heavy (non-hydrogen) atoms. The Balaban J connectivity index is 1.43. The molecule has 2 aromatic rings. The maximum Gasteiger partial charge on any atom is 0.242 e. The largest absolute Gasteiger partial charge is 0.381 e. The Labute approximate surface area is 151 Å². The summed E-state index contributed by atoms with van der Waals surface area (Å²) in [5.74, 6) is 0.765. The van der Waals surface area contributed by atoms with E-state index in [-0.39, 0.29) is 18.3 Å². The minimum atomic E-state index is -0.276. The van der Waals surface area contributed by atoms with Crippen LogP contribution in [0.15, 0.2) is 36.7 Å². The Morgan fingerprint density at radius 3 is 2.88 bits per heavy atom. The molecule has 1 amide bonds. The summed E-state index contributed by atoms with van der Waals surface area (Å²) in [6, 6.07) is 8.54. The highest BCUT2D eigenvalue weighted by Gasteiger charge is 2.27. The van der Waals surface area contributed by atoms with Crippen molar-refractivity contribution in [2.75, 3.05) is 37.7 Å². The molecule has 0 aliphatic carbocycles. The van der Waals surface area contributed by atoms with Crippen LogP contribution in [0.3, 0.4) is 0 Å². The Kier molecular flexibility index (Phi) is 4.79. The lowest BCUT2D eigenvalue weighted by Crippen LogP contribution is -2.50. The number of nitrogens with zero attached hydrogens (tertiary/aromatic N) is 4. The van der Waals surface area contributed by atoms with Crippen molar-refractivity contribution < 1.29 is 13.9 Å². The second-order valence-electron chi connectivity index (χ2n) is 6.69. The fourth-order valence-electron chi connectivity index (χ4n) is 3.43. The molecule has 1 atom stereocenters. The summed E-state index contributed by atoms with van der Waals surface area (Å²) in [7, 11) is 0. The van der Waals surface area contributed by atoms with Gasteiger partial charge in [-0.15, -0.1) is 0 Å². The first-order valence-corrected chi connectivity index (χ1v) is 8.86. The van der Waals surface area contributed by atoms with Crippen LogP contribution in [0.2, 0.25) is 0 Å². The molecule has 1 aromatic carbocycles. The van der Waals surface area contributed by atoms with E-state index in [4.69, 9.17) is 4.74 Å². The summed E-state index contributed by atoms with van der Waals surface area (Å²) in [6.45, 7) is 3.19. The first kappa shape index (κ1) is 16.9. The molecule has 0 bridgehead atoms. The number of amides is 1. The van der Waals surface area contributed by atoms with E-state index >= 15 is 0 Å². The molecule has 0 spiro atoms. The summed E-state index contributed by atoms with van der Waals surface area (Å²) < 4.78 is 19.3. The lowest BCUT2D eigenvalue weighted by atomic mass is 10.0. The molecule has 4 rings (SSSR count). The molecule has 1 aromatic heterocycles.